The zero-order chi connectivity index (χ0) is 16.2. The van der Waals surface area contributed by atoms with E-state index in [-0.39, 0.29) is 5.91 Å². The summed E-state index contributed by atoms with van der Waals surface area (Å²) < 4.78 is 0. The monoisotopic (exact) mass is 298 g/mol. The molecule has 0 aliphatic carbocycles. The lowest BCUT2D eigenvalue weighted by molar-refractivity contribution is -0.133. The van der Waals surface area contributed by atoms with Crippen molar-refractivity contribution >= 4 is 11.8 Å². The minimum Gasteiger partial charge on any atom is -0.372 e. The molecule has 5 nitrogen and oxygen atoms in total. The van der Waals surface area contributed by atoms with Crippen molar-refractivity contribution in [1.82, 2.24) is 5.32 Å². The van der Waals surface area contributed by atoms with Gasteiger partial charge < -0.3 is 16.2 Å². The molecule has 2 aromatic rings. The van der Waals surface area contributed by atoms with Gasteiger partial charge in [-0.1, -0.05) is 42.5 Å². The van der Waals surface area contributed by atoms with E-state index < -0.39 is 11.5 Å². The predicted molar refractivity (Wildman–Crippen MR) is 83.1 cm³/mol. The molecule has 0 saturated heterocycles. The number of nitrogens with one attached hydrogen (secondary N) is 1. The van der Waals surface area contributed by atoms with E-state index in [9.17, 15) is 14.7 Å². The van der Waals surface area contributed by atoms with Crippen molar-refractivity contribution < 1.29 is 14.7 Å². The molecule has 0 saturated carbocycles. The van der Waals surface area contributed by atoms with E-state index in [1.165, 1.54) is 12.1 Å². The van der Waals surface area contributed by atoms with Gasteiger partial charge in [0, 0.05) is 12.1 Å². The highest BCUT2D eigenvalue weighted by Gasteiger charge is 2.38. The van der Waals surface area contributed by atoms with E-state index in [4.69, 9.17) is 5.73 Å². The van der Waals surface area contributed by atoms with Crippen molar-refractivity contribution in [2.45, 2.75) is 12.5 Å². The highest BCUT2D eigenvalue weighted by Crippen LogP contribution is 2.29. The van der Waals surface area contributed by atoms with Crippen LogP contribution in [0.3, 0.4) is 0 Å². The van der Waals surface area contributed by atoms with Crippen LogP contribution in [0, 0.1) is 0 Å². The van der Waals surface area contributed by atoms with Crippen LogP contribution in [-0.2, 0) is 10.4 Å². The van der Waals surface area contributed by atoms with Crippen LogP contribution < -0.4 is 11.1 Å². The van der Waals surface area contributed by atoms with Gasteiger partial charge in [0.05, 0.1) is 0 Å². The van der Waals surface area contributed by atoms with Crippen molar-refractivity contribution in [3.05, 3.63) is 71.3 Å². The van der Waals surface area contributed by atoms with Gasteiger partial charge in [0.1, 0.15) is 0 Å². The number of aliphatic hydroxyl groups is 1. The Balaban J connectivity index is 2.43. The molecule has 1 atom stereocenters. The molecule has 1 unspecified atom stereocenters. The molecule has 2 amide bonds. The van der Waals surface area contributed by atoms with Crippen LogP contribution in [0.4, 0.5) is 0 Å². The molecule has 0 radical (unpaired) electrons. The van der Waals surface area contributed by atoms with E-state index in [2.05, 4.69) is 5.32 Å². The number of benzene rings is 2. The molecule has 4 N–H and O–H groups in total. The van der Waals surface area contributed by atoms with E-state index in [0.717, 1.165) is 0 Å². The molecule has 22 heavy (non-hydrogen) atoms. The maximum Gasteiger partial charge on any atom is 0.258 e. The van der Waals surface area contributed by atoms with Crippen LogP contribution >= 0.6 is 0 Å². The summed E-state index contributed by atoms with van der Waals surface area (Å²) in [7, 11) is 0. The van der Waals surface area contributed by atoms with Gasteiger partial charge in [-0.05, 0) is 30.2 Å². The lowest BCUT2D eigenvalue weighted by Crippen LogP contribution is -2.42. The minimum absolute atomic E-state index is 0.212. The van der Waals surface area contributed by atoms with E-state index in [0.29, 0.717) is 23.2 Å². The highest BCUT2D eigenvalue weighted by atomic mass is 16.3. The first-order chi connectivity index (χ1) is 10.5. The molecular formula is C17H18N2O3. The van der Waals surface area contributed by atoms with Crippen LogP contribution in [0.1, 0.15) is 28.4 Å². The van der Waals surface area contributed by atoms with Gasteiger partial charge in [0.25, 0.3) is 11.8 Å². The number of rotatable bonds is 5. The quantitative estimate of drug-likeness (QED) is 0.773. The molecule has 0 bridgehead atoms. The fourth-order valence-corrected chi connectivity index (χ4v) is 2.26. The minimum atomic E-state index is -1.93. The fourth-order valence-electron chi connectivity index (χ4n) is 2.26. The third kappa shape index (κ3) is 2.84. The number of carbonyl (C=O) groups excluding carboxylic acids is 2. The number of amides is 2. The topological polar surface area (TPSA) is 92.4 Å². The zero-order valence-corrected chi connectivity index (χ0v) is 12.2. The second-order valence-electron chi connectivity index (χ2n) is 4.88. The SMILES string of the molecule is CCNC(=O)c1ccc(C(O)(C(N)=O)c2ccccc2)cc1. The largest absolute Gasteiger partial charge is 0.372 e. The van der Waals surface area contributed by atoms with Gasteiger partial charge >= 0.3 is 0 Å². The van der Waals surface area contributed by atoms with Crippen LogP contribution in [-0.4, -0.2) is 23.5 Å². The van der Waals surface area contributed by atoms with E-state index in [1.54, 1.807) is 42.5 Å². The fraction of sp³-hybridized carbons (Fsp3) is 0.176. The third-order valence-corrected chi connectivity index (χ3v) is 3.45. The zero-order valence-electron chi connectivity index (χ0n) is 12.2. The van der Waals surface area contributed by atoms with Crippen molar-refractivity contribution in [2.24, 2.45) is 5.73 Å². The number of nitrogens with two attached hydrogens (primary N) is 1. The average Bonchev–Trinajstić information content (AvgIpc) is 2.55. The summed E-state index contributed by atoms with van der Waals surface area (Å²) in [6, 6.07) is 14.6. The van der Waals surface area contributed by atoms with E-state index >= 15 is 0 Å². The van der Waals surface area contributed by atoms with Crippen LogP contribution in [0.15, 0.2) is 54.6 Å². The Hall–Kier alpha value is -2.66. The Bertz CT molecular complexity index is 668. The summed E-state index contributed by atoms with van der Waals surface area (Å²) >= 11 is 0. The molecule has 2 rings (SSSR count). The summed E-state index contributed by atoms with van der Waals surface area (Å²) in [4.78, 5) is 23.6. The first-order valence-electron chi connectivity index (χ1n) is 6.96. The number of hydrogen-bond donors (Lipinski definition) is 3. The predicted octanol–water partition coefficient (Wildman–Crippen LogP) is 1.16. The van der Waals surface area contributed by atoms with Crippen LogP contribution in [0.2, 0.25) is 0 Å². The summed E-state index contributed by atoms with van der Waals surface area (Å²) in [5.74, 6) is -1.08. The molecular weight excluding hydrogens is 280 g/mol. The maximum atomic E-state index is 11.8. The molecule has 2 aromatic carbocycles. The normalized spacial score (nSPS) is 13.2. The molecule has 5 heteroatoms. The number of hydrogen-bond acceptors (Lipinski definition) is 3. The second kappa shape index (κ2) is 6.41. The molecule has 114 valence electrons. The average molecular weight is 298 g/mol. The van der Waals surface area contributed by atoms with Crippen molar-refractivity contribution in [2.75, 3.05) is 6.54 Å². The standard InChI is InChI=1S/C17H18N2O3/c1-2-19-15(20)12-8-10-14(11-9-12)17(22,16(18)21)13-6-4-3-5-7-13/h3-11,22H,2H2,1H3,(H2,18,21)(H,19,20). The molecule has 0 heterocycles. The summed E-state index contributed by atoms with van der Waals surface area (Å²) in [5.41, 5.74) is 4.63. The second-order valence-corrected chi connectivity index (χ2v) is 4.88. The molecule has 0 aliphatic rings. The Morgan fingerprint density at radius 3 is 2.09 bits per heavy atom. The lowest BCUT2D eigenvalue weighted by Gasteiger charge is -2.25. The smallest absolute Gasteiger partial charge is 0.258 e. The van der Waals surface area contributed by atoms with Gasteiger partial charge in [0.15, 0.2) is 5.60 Å². The third-order valence-electron chi connectivity index (χ3n) is 3.45. The maximum absolute atomic E-state index is 11.8. The van der Waals surface area contributed by atoms with Crippen molar-refractivity contribution in [1.29, 1.82) is 0 Å². The summed E-state index contributed by atoms with van der Waals surface area (Å²) in [5, 5.41) is 13.5. The first kappa shape index (κ1) is 15.7. The molecule has 0 spiro atoms. The van der Waals surface area contributed by atoms with Crippen LogP contribution in [0.5, 0.6) is 0 Å². The number of carbonyl (C=O) groups is 2. The van der Waals surface area contributed by atoms with Gasteiger partial charge in [-0.15, -0.1) is 0 Å². The Morgan fingerprint density at radius 1 is 1.05 bits per heavy atom. The van der Waals surface area contributed by atoms with Gasteiger partial charge in [0.2, 0.25) is 0 Å². The van der Waals surface area contributed by atoms with Crippen molar-refractivity contribution in [3.63, 3.8) is 0 Å². The van der Waals surface area contributed by atoms with E-state index in [1.807, 2.05) is 6.92 Å². The first-order valence-corrected chi connectivity index (χ1v) is 6.96. The van der Waals surface area contributed by atoms with Crippen LogP contribution in [0.25, 0.3) is 0 Å². The highest BCUT2D eigenvalue weighted by molar-refractivity contribution is 5.94. The molecule has 0 aromatic heterocycles. The van der Waals surface area contributed by atoms with Gasteiger partial charge in [-0.3, -0.25) is 9.59 Å². The number of primary amides is 1. The molecule has 0 fully saturated rings. The Kier molecular flexibility index (Phi) is 4.58. The Labute approximate surface area is 128 Å². The summed E-state index contributed by atoms with van der Waals surface area (Å²) in [6.07, 6.45) is 0. The summed E-state index contributed by atoms with van der Waals surface area (Å²) in [6.45, 7) is 2.35. The lowest BCUT2D eigenvalue weighted by atomic mass is 9.85. The van der Waals surface area contributed by atoms with Crippen molar-refractivity contribution in [3.8, 4) is 0 Å². The molecule has 0 aliphatic heterocycles. The Morgan fingerprint density at radius 2 is 1.59 bits per heavy atom. The van der Waals surface area contributed by atoms with Gasteiger partial charge in [-0.25, -0.2) is 0 Å². The van der Waals surface area contributed by atoms with Gasteiger partial charge in [-0.2, -0.15) is 0 Å².